The highest BCUT2D eigenvalue weighted by molar-refractivity contribution is 7.02. The molecule has 13 rings (SSSR count). The Kier molecular flexibility index (Phi) is 6.65. The van der Waals surface area contributed by atoms with Gasteiger partial charge in [-0.25, -0.2) is 4.98 Å². The lowest BCUT2D eigenvalue weighted by Gasteiger charge is -2.48. The minimum Gasteiger partial charge on any atom is -0.454 e. The third-order valence-corrected chi connectivity index (χ3v) is 11.9. The number of aromatic nitrogens is 4. The maximum Gasteiger partial charge on any atom is 0.257 e. The Bertz CT molecular complexity index is 3260. The van der Waals surface area contributed by atoms with E-state index in [1.807, 2.05) is 54.7 Å². The molecule has 0 N–H and O–H groups in total. The molecule has 3 aromatic heterocycles. The highest BCUT2D eigenvalue weighted by atomic mass is 16.3. The van der Waals surface area contributed by atoms with Crippen molar-refractivity contribution < 1.29 is 4.42 Å². The number of anilines is 9. The van der Waals surface area contributed by atoms with Crippen molar-refractivity contribution in [2.75, 3.05) is 14.7 Å². The van der Waals surface area contributed by atoms with Gasteiger partial charge in [-0.1, -0.05) is 97.1 Å². The second-order valence-electron chi connectivity index (χ2n) is 15.1. The van der Waals surface area contributed by atoms with Crippen molar-refractivity contribution in [3.8, 4) is 22.8 Å². The summed E-state index contributed by atoms with van der Waals surface area (Å²) < 4.78 is 6.26. The van der Waals surface area contributed by atoms with E-state index in [4.69, 9.17) is 24.4 Å². The molecule has 6 heterocycles. The standard InChI is InChI=1S/C50H30BN7O/c1-4-14-31(15-5-1)48-53-49(32-16-6-2-7-17-32)55-50(54-48)58-40-24-11-21-37-45(40)51-44-36(56(37)33-18-8-3-9-19-33)20-10-22-38(44)57(39-23-12-25-41(58)46(39)51)34-27-28-42-35(30-34)47-43(59-42)26-13-29-52-47/h1-30H. The summed E-state index contributed by atoms with van der Waals surface area (Å²) in [4.78, 5) is 27.5. The molecule has 59 heavy (non-hydrogen) atoms. The molecule has 0 saturated carbocycles. The molecule has 0 amide bonds. The number of pyridine rings is 1. The third kappa shape index (κ3) is 4.61. The van der Waals surface area contributed by atoms with E-state index < -0.39 is 0 Å². The Labute approximate surface area is 339 Å². The largest absolute Gasteiger partial charge is 0.454 e. The zero-order valence-electron chi connectivity index (χ0n) is 31.4. The molecule has 10 aromatic rings. The van der Waals surface area contributed by atoms with E-state index in [0.717, 1.165) is 78.7 Å². The van der Waals surface area contributed by atoms with Crippen molar-refractivity contribution in [3.63, 3.8) is 0 Å². The Morgan fingerprint density at radius 3 is 1.47 bits per heavy atom. The molecule has 0 atom stereocenters. The molecule has 274 valence electrons. The molecule has 0 unspecified atom stereocenters. The number of furan rings is 1. The molecule has 0 fully saturated rings. The van der Waals surface area contributed by atoms with Gasteiger partial charge in [-0.15, -0.1) is 0 Å². The summed E-state index contributed by atoms with van der Waals surface area (Å²) in [6.45, 7) is -0.0600. The van der Waals surface area contributed by atoms with Gasteiger partial charge in [0.05, 0.1) is 0 Å². The molecule has 0 aliphatic carbocycles. The molecule has 7 aromatic carbocycles. The van der Waals surface area contributed by atoms with Gasteiger partial charge in [0.1, 0.15) is 11.1 Å². The summed E-state index contributed by atoms with van der Waals surface area (Å²) in [6, 6.07) is 61.3. The van der Waals surface area contributed by atoms with Crippen LogP contribution in [0.3, 0.4) is 0 Å². The lowest BCUT2D eigenvalue weighted by atomic mass is 9.32. The number of hydrogen-bond acceptors (Lipinski definition) is 8. The summed E-state index contributed by atoms with van der Waals surface area (Å²) >= 11 is 0. The van der Waals surface area contributed by atoms with Gasteiger partial charge in [0.2, 0.25) is 5.95 Å². The van der Waals surface area contributed by atoms with Gasteiger partial charge in [-0.05, 0) is 95.3 Å². The zero-order valence-corrected chi connectivity index (χ0v) is 31.4. The molecule has 3 aliphatic heterocycles. The second kappa shape index (κ2) is 12.2. The zero-order chi connectivity index (χ0) is 38.6. The quantitative estimate of drug-likeness (QED) is 0.161. The SMILES string of the molecule is c1ccc(-c2nc(-c3ccccc3)nc(N3c4cccc5c4B4c6c(cccc6N(c6ccc7oc8cccnc8c7c6)c6cccc3c64)N5c3ccccc3)n2)cc1. The lowest BCUT2D eigenvalue weighted by Crippen LogP contribution is -2.64. The van der Waals surface area contributed by atoms with Crippen molar-refractivity contribution in [2.24, 2.45) is 0 Å². The van der Waals surface area contributed by atoms with Crippen LogP contribution in [0.25, 0.3) is 44.8 Å². The molecular weight excluding hydrogens is 725 g/mol. The first-order valence-electron chi connectivity index (χ1n) is 19.8. The van der Waals surface area contributed by atoms with Crippen LogP contribution in [0.15, 0.2) is 187 Å². The van der Waals surface area contributed by atoms with Crippen LogP contribution in [-0.4, -0.2) is 26.6 Å². The van der Waals surface area contributed by atoms with Crippen molar-refractivity contribution >= 4 is 96.6 Å². The van der Waals surface area contributed by atoms with E-state index in [0.29, 0.717) is 17.6 Å². The van der Waals surface area contributed by atoms with Crippen LogP contribution in [0.2, 0.25) is 0 Å². The summed E-state index contributed by atoms with van der Waals surface area (Å²) in [5.74, 6) is 1.78. The predicted molar refractivity (Wildman–Crippen MR) is 238 cm³/mol. The number of nitrogens with zero attached hydrogens (tertiary/aromatic N) is 7. The third-order valence-electron chi connectivity index (χ3n) is 11.9. The van der Waals surface area contributed by atoms with Crippen molar-refractivity contribution in [3.05, 3.63) is 182 Å². The Balaban J connectivity index is 1.12. The molecule has 0 saturated heterocycles. The van der Waals surface area contributed by atoms with E-state index in [-0.39, 0.29) is 6.71 Å². The second-order valence-corrected chi connectivity index (χ2v) is 15.1. The molecular formula is C50H30BN7O. The normalized spacial score (nSPS) is 13.3. The van der Waals surface area contributed by atoms with Gasteiger partial charge < -0.3 is 14.2 Å². The van der Waals surface area contributed by atoms with Crippen LogP contribution in [-0.2, 0) is 0 Å². The van der Waals surface area contributed by atoms with E-state index in [2.05, 4.69) is 142 Å². The van der Waals surface area contributed by atoms with E-state index in [1.54, 1.807) is 0 Å². The van der Waals surface area contributed by atoms with Gasteiger partial charge in [-0.2, -0.15) is 9.97 Å². The van der Waals surface area contributed by atoms with Crippen molar-refractivity contribution in [1.29, 1.82) is 0 Å². The van der Waals surface area contributed by atoms with Crippen LogP contribution in [0.1, 0.15) is 0 Å². The topological polar surface area (TPSA) is 74.4 Å². The highest BCUT2D eigenvalue weighted by Gasteiger charge is 2.49. The van der Waals surface area contributed by atoms with E-state index in [9.17, 15) is 0 Å². The molecule has 0 bridgehead atoms. The highest BCUT2D eigenvalue weighted by Crippen LogP contribution is 2.50. The Hall–Kier alpha value is -8.04. The summed E-state index contributed by atoms with van der Waals surface area (Å²) in [5, 5.41) is 0.974. The average molecular weight is 756 g/mol. The molecule has 3 aliphatic rings. The minimum absolute atomic E-state index is 0.0600. The monoisotopic (exact) mass is 755 g/mol. The van der Waals surface area contributed by atoms with Gasteiger partial charge >= 0.3 is 0 Å². The van der Waals surface area contributed by atoms with Gasteiger partial charge in [0.15, 0.2) is 17.2 Å². The van der Waals surface area contributed by atoms with Crippen LogP contribution in [0, 0.1) is 0 Å². The van der Waals surface area contributed by atoms with Crippen LogP contribution >= 0.6 is 0 Å². The first-order chi connectivity index (χ1) is 29.3. The van der Waals surface area contributed by atoms with Crippen molar-refractivity contribution in [2.45, 2.75) is 0 Å². The summed E-state index contributed by atoms with van der Waals surface area (Å²) in [5.41, 5.74) is 16.6. The van der Waals surface area contributed by atoms with E-state index in [1.165, 1.54) is 16.4 Å². The van der Waals surface area contributed by atoms with Crippen molar-refractivity contribution in [1.82, 2.24) is 19.9 Å². The van der Waals surface area contributed by atoms with Gasteiger partial charge in [-0.3, -0.25) is 9.88 Å². The van der Waals surface area contributed by atoms with Crippen LogP contribution in [0.5, 0.6) is 0 Å². The number of rotatable bonds is 5. The number of benzene rings is 7. The first-order valence-corrected chi connectivity index (χ1v) is 19.8. The fourth-order valence-corrected chi connectivity index (χ4v) is 9.47. The Morgan fingerprint density at radius 1 is 0.407 bits per heavy atom. The van der Waals surface area contributed by atoms with Crippen LogP contribution in [0.4, 0.5) is 51.4 Å². The Morgan fingerprint density at radius 2 is 0.915 bits per heavy atom. The maximum atomic E-state index is 6.26. The summed E-state index contributed by atoms with van der Waals surface area (Å²) in [6.07, 6.45) is 1.83. The molecule has 0 radical (unpaired) electrons. The predicted octanol–water partition coefficient (Wildman–Crippen LogP) is 10.4. The average Bonchev–Trinajstić information content (AvgIpc) is 3.68. The maximum absolute atomic E-state index is 6.26. The van der Waals surface area contributed by atoms with E-state index >= 15 is 0 Å². The van der Waals surface area contributed by atoms with Gasteiger partial charge in [0, 0.05) is 68.2 Å². The first kappa shape index (κ1) is 32.1. The number of hydrogen-bond donors (Lipinski definition) is 0. The molecule has 0 spiro atoms. The number of fused-ring (bicyclic) bond motifs is 3. The van der Waals surface area contributed by atoms with Gasteiger partial charge in [0.25, 0.3) is 6.71 Å². The fraction of sp³-hybridized carbons (Fsp3) is 0. The minimum atomic E-state index is -0.0600. The summed E-state index contributed by atoms with van der Waals surface area (Å²) in [7, 11) is 0. The molecule has 8 nitrogen and oxygen atoms in total. The molecule has 9 heteroatoms. The van der Waals surface area contributed by atoms with Crippen LogP contribution < -0.4 is 31.1 Å². The smallest absolute Gasteiger partial charge is 0.257 e. The fourth-order valence-electron chi connectivity index (χ4n) is 9.47. The lowest BCUT2D eigenvalue weighted by molar-refractivity contribution is 0.668. The number of para-hydroxylation sites is 1.